The Morgan fingerprint density at radius 1 is 1.73 bits per heavy atom. The molecule has 2 rings (SSSR count). The van der Waals surface area contributed by atoms with Crippen LogP contribution in [0, 0.1) is 6.92 Å². The van der Waals surface area contributed by atoms with Gasteiger partial charge in [0, 0.05) is 11.8 Å². The molecule has 3 nitrogen and oxygen atoms in total. The maximum atomic E-state index is 5.65. The minimum atomic E-state index is -0.266. The summed E-state index contributed by atoms with van der Waals surface area (Å²) in [5.41, 5.74) is 8.79. The second kappa shape index (κ2) is 2.29. The third-order valence-corrected chi connectivity index (χ3v) is 1.85. The molecule has 0 saturated heterocycles. The smallest absolute Gasteiger partial charge is 0.134 e. The van der Waals surface area contributed by atoms with Crippen molar-refractivity contribution in [2.45, 2.75) is 19.8 Å². The Hall–Kier alpha value is -0.930. The molecule has 2 N–H and O–H groups in total. The lowest BCUT2D eigenvalue weighted by Gasteiger charge is -2.02. The molecular weight excluding hydrogens is 140 g/mol. The lowest BCUT2D eigenvalue weighted by Crippen LogP contribution is -2.07. The minimum Gasteiger partial charge on any atom is -0.353 e. The molecule has 0 spiro atoms. The lowest BCUT2D eigenvalue weighted by molar-refractivity contribution is 0.0701. The van der Waals surface area contributed by atoms with E-state index in [-0.39, 0.29) is 6.23 Å². The Balaban J connectivity index is 2.52. The number of hydrogen-bond donors (Lipinski definition) is 1. The molecular formula is C8H10N2O. The molecule has 11 heavy (non-hydrogen) atoms. The maximum Gasteiger partial charge on any atom is 0.134 e. The highest BCUT2D eigenvalue weighted by Gasteiger charge is 2.20. The van der Waals surface area contributed by atoms with Gasteiger partial charge in [-0.2, -0.15) is 0 Å². The number of nitrogens with zero attached hydrogens (tertiary/aromatic N) is 1. The van der Waals surface area contributed by atoms with Crippen molar-refractivity contribution in [2.24, 2.45) is 5.73 Å². The molecule has 0 radical (unpaired) electrons. The molecule has 58 valence electrons. The van der Waals surface area contributed by atoms with Crippen molar-refractivity contribution in [3.05, 3.63) is 29.1 Å². The van der Waals surface area contributed by atoms with Gasteiger partial charge in [-0.1, -0.05) is 0 Å². The van der Waals surface area contributed by atoms with Crippen LogP contribution in [0.1, 0.15) is 23.0 Å². The summed E-state index contributed by atoms with van der Waals surface area (Å²) in [5, 5.41) is 0. The van der Waals surface area contributed by atoms with Gasteiger partial charge in [-0.25, -0.2) is 0 Å². The zero-order valence-electron chi connectivity index (χ0n) is 6.37. The quantitative estimate of drug-likeness (QED) is 0.597. The number of nitrogens with two attached hydrogens (primary N) is 1. The van der Waals surface area contributed by atoms with E-state index in [0.717, 1.165) is 16.8 Å². The van der Waals surface area contributed by atoms with Crippen molar-refractivity contribution in [3.63, 3.8) is 0 Å². The van der Waals surface area contributed by atoms with Gasteiger partial charge in [0.2, 0.25) is 0 Å². The predicted molar refractivity (Wildman–Crippen MR) is 40.7 cm³/mol. The van der Waals surface area contributed by atoms with E-state index in [1.807, 2.05) is 19.2 Å². The van der Waals surface area contributed by atoms with Crippen LogP contribution in [0.15, 0.2) is 12.3 Å². The molecule has 0 amide bonds. The first-order chi connectivity index (χ1) is 5.27. The van der Waals surface area contributed by atoms with Crippen LogP contribution < -0.4 is 5.73 Å². The van der Waals surface area contributed by atoms with Crippen LogP contribution in [0.3, 0.4) is 0 Å². The van der Waals surface area contributed by atoms with Crippen LogP contribution in [-0.4, -0.2) is 4.98 Å². The second-order valence-corrected chi connectivity index (χ2v) is 2.78. The molecule has 0 bridgehead atoms. The first-order valence-electron chi connectivity index (χ1n) is 3.60. The molecule has 0 saturated carbocycles. The zero-order chi connectivity index (χ0) is 7.84. The van der Waals surface area contributed by atoms with Crippen molar-refractivity contribution in [1.82, 2.24) is 4.98 Å². The van der Waals surface area contributed by atoms with Crippen LogP contribution in [0.25, 0.3) is 0 Å². The topological polar surface area (TPSA) is 48.1 Å². The summed E-state index contributed by atoms with van der Waals surface area (Å²) in [4.78, 5) is 4.20. The van der Waals surface area contributed by atoms with Crippen molar-refractivity contribution in [3.8, 4) is 0 Å². The Morgan fingerprint density at radius 3 is 3.36 bits per heavy atom. The molecule has 0 aliphatic carbocycles. The average Bonchev–Trinajstić information content (AvgIpc) is 2.33. The van der Waals surface area contributed by atoms with E-state index in [9.17, 15) is 0 Å². The summed E-state index contributed by atoms with van der Waals surface area (Å²) < 4.78 is 5.19. The van der Waals surface area contributed by atoms with E-state index in [2.05, 4.69) is 4.98 Å². The molecule has 0 aromatic carbocycles. The van der Waals surface area contributed by atoms with Gasteiger partial charge in [0.25, 0.3) is 0 Å². The normalized spacial score (nSPS) is 21.8. The SMILES string of the molecule is Cc1cnc2c(c1)C(N)OC2. The summed E-state index contributed by atoms with van der Waals surface area (Å²) in [6, 6.07) is 2.03. The molecule has 3 heteroatoms. The van der Waals surface area contributed by atoms with Gasteiger partial charge < -0.3 is 10.5 Å². The van der Waals surface area contributed by atoms with E-state index >= 15 is 0 Å². The Bertz CT molecular complexity index is 285. The van der Waals surface area contributed by atoms with Crippen molar-refractivity contribution in [1.29, 1.82) is 0 Å². The summed E-state index contributed by atoms with van der Waals surface area (Å²) in [6.07, 6.45) is 1.57. The predicted octanol–water partition coefficient (Wildman–Crippen LogP) is 0.878. The van der Waals surface area contributed by atoms with Gasteiger partial charge >= 0.3 is 0 Å². The number of hydrogen-bond acceptors (Lipinski definition) is 3. The maximum absolute atomic E-state index is 5.65. The van der Waals surface area contributed by atoms with Crippen LogP contribution >= 0.6 is 0 Å². The zero-order valence-corrected chi connectivity index (χ0v) is 6.37. The van der Waals surface area contributed by atoms with E-state index in [0.29, 0.717) is 6.61 Å². The fraction of sp³-hybridized carbons (Fsp3) is 0.375. The largest absolute Gasteiger partial charge is 0.353 e. The first kappa shape index (κ1) is 6.76. The molecule has 1 unspecified atom stereocenters. The number of fused-ring (bicyclic) bond motifs is 1. The first-order valence-corrected chi connectivity index (χ1v) is 3.60. The van der Waals surface area contributed by atoms with Crippen LogP contribution in [0.4, 0.5) is 0 Å². The molecule has 1 aliphatic heterocycles. The molecule has 1 atom stereocenters. The van der Waals surface area contributed by atoms with E-state index in [1.54, 1.807) is 0 Å². The molecule has 0 fully saturated rings. The molecule has 1 aromatic rings. The highest BCUT2D eigenvalue weighted by Crippen LogP contribution is 2.24. The average molecular weight is 150 g/mol. The summed E-state index contributed by atoms with van der Waals surface area (Å²) in [7, 11) is 0. The Labute approximate surface area is 65.2 Å². The van der Waals surface area contributed by atoms with Crippen LogP contribution in [0.5, 0.6) is 0 Å². The Kier molecular flexibility index (Phi) is 1.41. The molecule has 1 aromatic heterocycles. The highest BCUT2D eigenvalue weighted by molar-refractivity contribution is 5.28. The third kappa shape index (κ3) is 1.02. The summed E-state index contributed by atoms with van der Waals surface area (Å²) in [5.74, 6) is 0. The third-order valence-electron chi connectivity index (χ3n) is 1.85. The van der Waals surface area contributed by atoms with Crippen LogP contribution in [-0.2, 0) is 11.3 Å². The molecule has 1 aliphatic rings. The number of aryl methyl sites for hydroxylation is 1. The highest BCUT2D eigenvalue weighted by atomic mass is 16.5. The van der Waals surface area contributed by atoms with Gasteiger partial charge in [-0.05, 0) is 18.6 Å². The fourth-order valence-electron chi connectivity index (χ4n) is 1.25. The van der Waals surface area contributed by atoms with Crippen molar-refractivity contribution in [2.75, 3.05) is 0 Å². The number of ether oxygens (including phenoxy) is 1. The van der Waals surface area contributed by atoms with Gasteiger partial charge in [0.05, 0.1) is 12.3 Å². The van der Waals surface area contributed by atoms with Crippen molar-refractivity contribution >= 4 is 0 Å². The fourth-order valence-corrected chi connectivity index (χ4v) is 1.25. The van der Waals surface area contributed by atoms with E-state index < -0.39 is 0 Å². The lowest BCUT2D eigenvalue weighted by atomic mass is 10.1. The van der Waals surface area contributed by atoms with Gasteiger partial charge in [-0.15, -0.1) is 0 Å². The van der Waals surface area contributed by atoms with Crippen molar-refractivity contribution < 1.29 is 4.74 Å². The van der Waals surface area contributed by atoms with E-state index in [4.69, 9.17) is 10.5 Å². The van der Waals surface area contributed by atoms with Gasteiger partial charge in [0.1, 0.15) is 6.23 Å². The standard InChI is InChI=1S/C8H10N2O/c1-5-2-6-7(10-3-5)4-11-8(6)9/h2-3,8H,4,9H2,1H3. The van der Waals surface area contributed by atoms with Crippen LogP contribution in [0.2, 0.25) is 0 Å². The Morgan fingerprint density at radius 2 is 2.55 bits per heavy atom. The molecule has 2 heterocycles. The monoisotopic (exact) mass is 150 g/mol. The number of pyridine rings is 1. The van der Waals surface area contributed by atoms with Gasteiger partial charge in [0.15, 0.2) is 0 Å². The summed E-state index contributed by atoms with van der Waals surface area (Å²) in [6.45, 7) is 2.55. The van der Waals surface area contributed by atoms with E-state index in [1.165, 1.54) is 0 Å². The number of rotatable bonds is 0. The van der Waals surface area contributed by atoms with Gasteiger partial charge in [-0.3, -0.25) is 4.98 Å². The summed E-state index contributed by atoms with van der Waals surface area (Å²) >= 11 is 0. The second-order valence-electron chi connectivity index (χ2n) is 2.78. The minimum absolute atomic E-state index is 0.266. The number of aromatic nitrogens is 1.